The predicted molar refractivity (Wildman–Crippen MR) is 75.8 cm³/mol. The number of esters is 1. The van der Waals surface area contributed by atoms with Crippen molar-refractivity contribution in [2.45, 2.75) is 18.2 Å². The zero-order chi connectivity index (χ0) is 18.5. The topological polar surface area (TPSA) is 94.1 Å². The number of methoxy groups -OCH3 is 3. The summed E-state index contributed by atoms with van der Waals surface area (Å²) in [4.78, 5) is 23.1. The fraction of sp³-hybridized carbons (Fsp3) is 0.429. The highest BCUT2D eigenvalue weighted by molar-refractivity contribution is 5.97. The molecule has 0 aromatic heterocycles. The molecule has 10 heteroatoms. The second kappa shape index (κ2) is 7.39. The lowest BCUT2D eigenvalue weighted by molar-refractivity contribution is -0.261. The normalized spacial score (nSPS) is 13.6. The largest absolute Gasteiger partial charge is 0.497 e. The molecule has 7 nitrogen and oxygen atoms in total. The van der Waals surface area contributed by atoms with Gasteiger partial charge in [-0.2, -0.15) is 13.2 Å². The fourth-order valence-corrected chi connectivity index (χ4v) is 1.79. The molecule has 1 aromatic rings. The van der Waals surface area contributed by atoms with E-state index in [0.29, 0.717) is 12.9 Å². The van der Waals surface area contributed by atoms with Crippen LogP contribution in [0.4, 0.5) is 18.9 Å². The lowest BCUT2D eigenvalue weighted by Gasteiger charge is -2.27. The molecule has 1 atom stereocenters. The Labute approximate surface area is 135 Å². The van der Waals surface area contributed by atoms with E-state index in [1.165, 1.54) is 32.4 Å². The highest BCUT2D eigenvalue weighted by Crippen LogP contribution is 2.35. The van der Waals surface area contributed by atoms with E-state index in [2.05, 4.69) is 10.1 Å². The molecule has 0 aliphatic heterocycles. The van der Waals surface area contributed by atoms with Crippen molar-refractivity contribution in [3.05, 3.63) is 18.2 Å². The van der Waals surface area contributed by atoms with Crippen LogP contribution in [-0.2, 0) is 14.3 Å². The molecule has 0 unspecified atom stereocenters. The molecule has 0 saturated heterocycles. The monoisotopic (exact) mass is 351 g/mol. The second-order valence-corrected chi connectivity index (χ2v) is 4.64. The highest BCUT2D eigenvalue weighted by Gasteiger charge is 2.61. The summed E-state index contributed by atoms with van der Waals surface area (Å²) in [5.74, 6) is -2.72. The van der Waals surface area contributed by atoms with Gasteiger partial charge in [0.25, 0.3) is 5.60 Å². The molecule has 1 rings (SSSR count). The van der Waals surface area contributed by atoms with Crippen LogP contribution < -0.4 is 14.8 Å². The highest BCUT2D eigenvalue weighted by atomic mass is 19.4. The summed E-state index contributed by atoms with van der Waals surface area (Å²) in [6.07, 6.45) is -6.96. The number of hydrogen-bond donors (Lipinski definition) is 2. The van der Waals surface area contributed by atoms with Crippen LogP contribution in [0.3, 0.4) is 0 Å². The number of nitrogens with one attached hydrogen (secondary N) is 1. The first-order valence-corrected chi connectivity index (χ1v) is 6.48. The molecule has 1 amide bonds. The van der Waals surface area contributed by atoms with Crippen molar-refractivity contribution in [2.24, 2.45) is 0 Å². The Balaban J connectivity index is 3.01. The van der Waals surface area contributed by atoms with Crippen molar-refractivity contribution < 1.29 is 42.1 Å². The number of halogens is 3. The van der Waals surface area contributed by atoms with Gasteiger partial charge in [0.15, 0.2) is 0 Å². The third-order valence-corrected chi connectivity index (χ3v) is 3.09. The molecule has 0 heterocycles. The van der Waals surface area contributed by atoms with Gasteiger partial charge >= 0.3 is 12.1 Å². The maximum absolute atomic E-state index is 12.9. The molecule has 0 bridgehead atoms. The number of carbonyl (C=O) groups is 2. The average Bonchev–Trinajstić information content (AvgIpc) is 2.52. The number of benzene rings is 1. The maximum Gasteiger partial charge on any atom is 0.428 e. The van der Waals surface area contributed by atoms with Gasteiger partial charge in [-0.25, -0.2) is 4.79 Å². The summed E-state index contributed by atoms with van der Waals surface area (Å²) >= 11 is 0. The van der Waals surface area contributed by atoms with Crippen LogP contribution in [0.15, 0.2) is 18.2 Å². The first-order valence-electron chi connectivity index (χ1n) is 6.48. The Morgan fingerprint density at radius 2 is 1.79 bits per heavy atom. The molecule has 0 aliphatic rings. The lowest BCUT2D eigenvalue weighted by atomic mass is 9.98. The van der Waals surface area contributed by atoms with Crippen LogP contribution in [0.25, 0.3) is 0 Å². The number of aliphatic hydroxyl groups is 1. The van der Waals surface area contributed by atoms with Gasteiger partial charge in [0.2, 0.25) is 5.91 Å². The summed E-state index contributed by atoms with van der Waals surface area (Å²) in [7, 11) is 3.35. The SMILES string of the molecule is COC(=O)[C@](O)(CC(=O)Nc1ccc(OC)cc1OC)C(F)(F)F. The van der Waals surface area contributed by atoms with Crippen molar-refractivity contribution in [2.75, 3.05) is 26.6 Å². The van der Waals surface area contributed by atoms with E-state index in [0.717, 1.165) is 0 Å². The van der Waals surface area contributed by atoms with Crippen molar-refractivity contribution in [3.63, 3.8) is 0 Å². The summed E-state index contributed by atoms with van der Waals surface area (Å²) in [5, 5.41) is 11.7. The molecular formula is C14H16F3NO6. The Bertz CT molecular complexity index is 619. The molecule has 2 N–H and O–H groups in total. The quantitative estimate of drug-likeness (QED) is 0.755. The molecule has 0 spiro atoms. The van der Waals surface area contributed by atoms with Gasteiger partial charge in [-0.05, 0) is 12.1 Å². The van der Waals surface area contributed by atoms with E-state index in [1.807, 2.05) is 0 Å². The summed E-state index contributed by atoms with van der Waals surface area (Å²) in [6, 6.07) is 4.17. The number of anilines is 1. The van der Waals surface area contributed by atoms with E-state index in [4.69, 9.17) is 9.47 Å². The van der Waals surface area contributed by atoms with Gasteiger partial charge in [0, 0.05) is 6.07 Å². The Kier molecular flexibility index (Phi) is 6.02. The molecule has 0 saturated carbocycles. The van der Waals surface area contributed by atoms with Crippen molar-refractivity contribution in [3.8, 4) is 11.5 Å². The smallest absolute Gasteiger partial charge is 0.428 e. The number of carbonyl (C=O) groups excluding carboxylic acids is 2. The molecule has 0 fully saturated rings. The molecule has 1 aromatic carbocycles. The van der Waals surface area contributed by atoms with Crippen molar-refractivity contribution >= 4 is 17.6 Å². The second-order valence-electron chi connectivity index (χ2n) is 4.64. The maximum atomic E-state index is 12.9. The first-order chi connectivity index (χ1) is 11.1. The van der Waals surface area contributed by atoms with Gasteiger partial charge in [-0.3, -0.25) is 4.79 Å². The van der Waals surface area contributed by atoms with Crippen LogP contribution >= 0.6 is 0 Å². The standard InChI is InChI=1S/C14H16F3NO6/c1-22-8-4-5-9(10(6-8)23-2)18-11(19)7-13(21,12(20)24-3)14(15,16)17/h4-6,21H,7H2,1-3H3,(H,18,19)/t13-/m1/s1. The fourth-order valence-electron chi connectivity index (χ4n) is 1.79. The van der Waals surface area contributed by atoms with E-state index in [-0.39, 0.29) is 11.4 Å². The number of rotatable bonds is 6. The van der Waals surface area contributed by atoms with Crippen molar-refractivity contribution in [1.29, 1.82) is 0 Å². The van der Waals surface area contributed by atoms with Gasteiger partial charge in [0.1, 0.15) is 11.5 Å². The van der Waals surface area contributed by atoms with E-state index >= 15 is 0 Å². The minimum atomic E-state index is -5.39. The number of ether oxygens (including phenoxy) is 3. The molecule has 134 valence electrons. The van der Waals surface area contributed by atoms with Crippen LogP contribution in [0.2, 0.25) is 0 Å². The Morgan fingerprint density at radius 3 is 2.25 bits per heavy atom. The zero-order valence-corrected chi connectivity index (χ0v) is 13.1. The van der Waals surface area contributed by atoms with Crippen LogP contribution in [0.5, 0.6) is 11.5 Å². The summed E-state index contributed by atoms with van der Waals surface area (Å²) < 4.78 is 52.6. The molecule has 0 radical (unpaired) electrons. The molecule has 24 heavy (non-hydrogen) atoms. The van der Waals surface area contributed by atoms with Crippen LogP contribution in [-0.4, -0.2) is 50.1 Å². The Hall–Kier alpha value is -2.49. The van der Waals surface area contributed by atoms with Crippen molar-refractivity contribution in [1.82, 2.24) is 0 Å². The summed E-state index contributed by atoms with van der Waals surface area (Å²) in [6.45, 7) is 0. The number of hydrogen-bond acceptors (Lipinski definition) is 6. The van der Waals surface area contributed by atoms with E-state index < -0.39 is 30.1 Å². The van der Waals surface area contributed by atoms with E-state index in [9.17, 15) is 27.9 Å². The average molecular weight is 351 g/mol. The van der Waals surface area contributed by atoms with Gasteiger partial charge in [-0.1, -0.05) is 0 Å². The van der Waals surface area contributed by atoms with Gasteiger partial charge < -0.3 is 24.6 Å². The summed E-state index contributed by atoms with van der Waals surface area (Å²) in [5.41, 5.74) is -3.91. The van der Waals surface area contributed by atoms with Crippen LogP contribution in [0, 0.1) is 0 Å². The third-order valence-electron chi connectivity index (χ3n) is 3.09. The minimum Gasteiger partial charge on any atom is -0.497 e. The van der Waals surface area contributed by atoms with Crippen LogP contribution in [0.1, 0.15) is 6.42 Å². The number of amides is 1. The molecular weight excluding hydrogens is 335 g/mol. The first kappa shape index (κ1) is 19.6. The van der Waals surface area contributed by atoms with Gasteiger partial charge in [0.05, 0.1) is 33.4 Å². The predicted octanol–water partition coefficient (Wildman–Crippen LogP) is 1.50. The van der Waals surface area contributed by atoms with Gasteiger partial charge in [-0.15, -0.1) is 0 Å². The molecule has 0 aliphatic carbocycles. The Morgan fingerprint density at radius 1 is 1.17 bits per heavy atom. The minimum absolute atomic E-state index is 0.0395. The lowest BCUT2D eigenvalue weighted by Crippen LogP contribution is -2.54. The number of alkyl halides is 3. The van der Waals surface area contributed by atoms with E-state index in [1.54, 1.807) is 0 Å². The zero-order valence-electron chi connectivity index (χ0n) is 13.1. The third kappa shape index (κ3) is 4.07.